The number of amides is 2. The van der Waals surface area contributed by atoms with Crippen LogP contribution in [0.15, 0.2) is 17.5 Å². The number of nitrogens with zero attached hydrogens (tertiary/aromatic N) is 2. The number of likely N-dealkylation sites (tertiary alicyclic amines) is 1. The first-order chi connectivity index (χ1) is 10.1. The van der Waals surface area contributed by atoms with Gasteiger partial charge in [-0.15, -0.1) is 11.3 Å². The molecule has 1 aliphatic rings. The summed E-state index contributed by atoms with van der Waals surface area (Å²) in [4.78, 5) is 28.0. The Morgan fingerprint density at radius 3 is 3.00 bits per heavy atom. The minimum Gasteiger partial charge on any atom is -0.481 e. The number of carbonyl (C=O) groups excluding carboxylic acids is 1. The third-order valence-corrected chi connectivity index (χ3v) is 4.79. The Labute approximate surface area is 129 Å². The van der Waals surface area contributed by atoms with E-state index in [0.29, 0.717) is 13.1 Å². The van der Waals surface area contributed by atoms with Crippen molar-refractivity contribution < 1.29 is 14.7 Å². The third-order valence-electron chi connectivity index (χ3n) is 3.85. The highest BCUT2D eigenvalue weighted by Crippen LogP contribution is 2.20. The molecule has 0 aliphatic carbocycles. The molecule has 2 heterocycles. The van der Waals surface area contributed by atoms with Crippen LogP contribution in [0, 0.1) is 5.92 Å². The van der Waals surface area contributed by atoms with Crippen LogP contribution in [0.2, 0.25) is 0 Å². The van der Waals surface area contributed by atoms with Crippen molar-refractivity contribution in [3.63, 3.8) is 0 Å². The fourth-order valence-corrected chi connectivity index (χ4v) is 3.42. The maximum absolute atomic E-state index is 12.4. The van der Waals surface area contributed by atoms with Gasteiger partial charge in [0, 0.05) is 38.0 Å². The van der Waals surface area contributed by atoms with Crippen molar-refractivity contribution in [2.75, 3.05) is 26.7 Å². The molecule has 0 aromatic carbocycles. The van der Waals surface area contributed by atoms with E-state index in [0.717, 1.165) is 25.8 Å². The normalized spacial score (nSPS) is 18.5. The fraction of sp³-hybridized carbons (Fsp3) is 0.600. The molecule has 1 fully saturated rings. The number of rotatable bonds is 5. The third kappa shape index (κ3) is 4.74. The lowest BCUT2D eigenvalue weighted by Gasteiger charge is -2.34. The van der Waals surface area contributed by atoms with Crippen molar-refractivity contribution in [1.82, 2.24) is 9.80 Å². The van der Waals surface area contributed by atoms with E-state index in [4.69, 9.17) is 5.11 Å². The maximum Gasteiger partial charge on any atom is 0.319 e. The lowest BCUT2D eigenvalue weighted by Crippen LogP contribution is -2.47. The highest BCUT2D eigenvalue weighted by Gasteiger charge is 2.26. The van der Waals surface area contributed by atoms with Gasteiger partial charge in [0.1, 0.15) is 0 Å². The largest absolute Gasteiger partial charge is 0.481 e. The number of likely N-dealkylation sites (N-methyl/N-ethyl adjacent to an activating group) is 1. The second-order valence-electron chi connectivity index (χ2n) is 5.59. The van der Waals surface area contributed by atoms with Crippen LogP contribution in [0.25, 0.3) is 0 Å². The number of carbonyl (C=O) groups is 2. The van der Waals surface area contributed by atoms with E-state index in [2.05, 4.69) is 6.07 Å². The molecule has 2 rings (SSSR count). The Balaban J connectivity index is 1.82. The molecule has 21 heavy (non-hydrogen) atoms. The molecule has 1 saturated heterocycles. The Kier molecular flexibility index (Phi) is 5.61. The Hall–Kier alpha value is -1.56. The van der Waals surface area contributed by atoms with Crippen LogP contribution < -0.4 is 0 Å². The standard InChI is InChI=1S/C15H22N2O3S/c1-16(8-6-13-5-3-9-21-13)15(20)17-7-2-4-12(11-17)10-14(18)19/h3,5,9,12H,2,4,6-8,10-11H2,1H3,(H,18,19). The van der Waals surface area contributed by atoms with E-state index >= 15 is 0 Å². The first-order valence-electron chi connectivity index (χ1n) is 7.30. The number of hydrogen-bond donors (Lipinski definition) is 1. The summed E-state index contributed by atoms with van der Waals surface area (Å²) in [5.74, 6) is -0.689. The van der Waals surface area contributed by atoms with Crippen LogP contribution in [0.1, 0.15) is 24.1 Å². The summed E-state index contributed by atoms with van der Waals surface area (Å²) in [6, 6.07) is 4.11. The SMILES string of the molecule is CN(CCc1cccs1)C(=O)N1CCCC(CC(=O)O)C1. The summed E-state index contributed by atoms with van der Waals surface area (Å²) in [5, 5.41) is 10.9. The second-order valence-corrected chi connectivity index (χ2v) is 6.62. The molecular formula is C15H22N2O3S. The van der Waals surface area contributed by atoms with Crippen LogP contribution in [-0.2, 0) is 11.2 Å². The average molecular weight is 310 g/mol. The van der Waals surface area contributed by atoms with Gasteiger partial charge < -0.3 is 14.9 Å². The number of aliphatic carboxylic acids is 1. The molecule has 0 radical (unpaired) electrons. The monoisotopic (exact) mass is 310 g/mol. The van der Waals surface area contributed by atoms with E-state index in [-0.39, 0.29) is 18.4 Å². The van der Waals surface area contributed by atoms with Gasteiger partial charge >= 0.3 is 12.0 Å². The van der Waals surface area contributed by atoms with Gasteiger partial charge in [0.15, 0.2) is 0 Å². The zero-order chi connectivity index (χ0) is 15.2. The quantitative estimate of drug-likeness (QED) is 0.909. The molecule has 0 bridgehead atoms. The summed E-state index contributed by atoms with van der Waals surface area (Å²) in [6.07, 6.45) is 2.81. The zero-order valence-corrected chi connectivity index (χ0v) is 13.1. The predicted octanol–water partition coefficient (Wildman–Crippen LogP) is 2.53. The lowest BCUT2D eigenvalue weighted by molar-refractivity contribution is -0.138. The summed E-state index contributed by atoms with van der Waals surface area (Å²) in [7, 11) is 1.82. The predicted molar refractivity (Wildman–Crippen MR) is 82.6 cm³/mol. The number of hydrogen-bond acceptors (Lipinski definition) is 3. The molecule has 1 aliphatic heterocycles. The second kappa shape index (κ2) is 7.45. The van der Waals surface area contributed by atoms with E-state index < -0.39 is 5.97 Å². The molecule has 1 unspecified atom stereocenters. The minimum atomic E-state index is -0.777. The van der Waals surface area contributed by atoms with Gasteiger partial charge in [-0.3, -0.25) is 4.79 Å². The molecule has 1 aromatic rings. The van der Waals surface area contributed by atoms with Crippen molar-refractivity contribution in [1.29, 1.82) is 0 Å². The molecule has 0 saturated carbocycles. The molecule has 0 spiro atoms. The summed E-state index contributed by atoms with van der Waals surface area (Å²) < 4.78 is 0. The molecule has 116 valence electrons. The topological polar surface area (TPSA) is 60.9 Å². The number of urea groups is 1. The first-order valence-corrected chi connectivity index (χ1v) is 8.18. The molecule has 5 nitrogen and oxygen atoms in total. The van der Waals surface area contributed by atoms with Gasteiger partial charge in [0.25, 0.3) is 0 Å². The van der Waals surface area contributed by atoms with E-state index in [1.54, 1.807) is 21.1 Å². The van der Waals surface area contributed by atoms with Crippen molar-refractivity contribution in [2.45, 2.75) is 25.7 Å². The molecule has 6 heteroatoms. The van der Waals surface area contributed by atoms with Crippen molar-refractivity contribution in [3.8, 4) is 0 Å². The molecule has 1 aromatic heterocycles. The number of carboxylic acids is 1. The van der Waals surface area contributed by atoms with Crippen molar-refractivity contribution in [2.24, 2.45) is 5.92 Å². The smallest absolute Gasteiger partial charge is 0.319 e. The summed E-state index contributed by atoms with van der Waals surface area (Å²) >= 11 is 1.70. The highest BCUT2D eigenvalue weighted by molar-refractivity contribution is 7.09. The van der Waals surface area contributed by atoms with Crippen molar-refractivity contribution >= 4 is 23.3 Å². The van der Waals surface area contributed by atoms with Gasteiger partial charge in [-0.1, -0.05) is 6.07 Å². The summed E-state index contributed by atoms with van der Waals surface area (Å²) in [6.45, 7) is 1.99. The van der Waals surface area contributed by atoms with E-state index in [9.17, 15) is 9.59 Å². The van der Waals surface area contributed by atoms with Gasteiger partial charge in [-0.25, -0.2) is 4.79 Å². The highest BCUT2D eigenvalue weighted by atomic mass is 32.1. The maximum atomic E-state index is 12.4. The fourth-order valence-electron chi connectivity index (χ4n) is 2.72. The number of thiophene rings is 1. The molecule has 2 amide bonds. The van der Waals surface area contributed by atoms with Crippen LogP contribution in [0.3, 0.4) is 0 Å². The van der Waals surface area contributed by atoms with Gasteiger partial charge in [-0.2, -0.15) is 0 Å². The van der Waals surface area contributed by atoms with Crippen LogP contribution in [0.4, 0.5) is 4.79 Å². The Morgan fingerprint density at radius 1 is 1.52 bits per heavy atom. The van der Waals surface area contributed by atoms with E-state index in [1.807, 2.05) is 18.5 Å². The van der Waals surface area contributed by atoms with Crippen molar-refractivity contribution in [3.05, 3.63) is 22.4 Å². The van der Waals surface area contributed by atoms with Crippen LogP contribution in [0.5, 0.6) is 0 Å². The van der Waals surface area contributed by atoms with E-state index in [1.165, 1.54) is 4.88 Å². The minimum absolute atomic E-state index is 0.0154. The zero-order valence-electron chi connectivity index (χ0n) is 12.3. The lowest BCUT2D eigenvalue weighted by atomic mass is 9.95. The molecule has 1 N–H and O–H groups in total. The Bertz CT molecular complexity index is 475. The first kappa shape index (κ1) is 15.8. The molecule has 1 atom stereocenters. The molecular weight excluding hydrogens is 288 g/mol. The van der Waals surface area contributed by atoms with Gasteiger partial charge in [-0.05, 0) is 36.6 Å². The van der Waals surface area contributed by atoms with Crippen LogP contribution >= 0.6 is 11.3 Å². The summed E-state index contributed by atoms with van der Waals surface area (Å²) in [5.41, 5.74) is 0. The van der Waals surface area contributed by atoms with Gasteiger partial charge in [0.05, 0.1) is 0 Å². The average Bonchev–Trinajstić information content (AvgIpc) is 2.97. The van der Waals surface area contributed by atoms with Gasteiger partial charge in [0.2, 0.25) is 0 Å². The van der Waals surface area contributed by atoms with Crippen LogP contribution in [-0.4, -0.2) is 53.6 Å². The number of piperidine rings is 1. The number of carboxylic acid groups (broad SMARTS) is 1. The Morgan fingerprint density at radius 2 is 2.33 bits per heavy atom.